The van der Waals surface area contributed by atoms with Crippen LogP contribution in [0, 0.1) is 0 Å². The summed E-state index contributed by atoms with van der Waals surface area (Å²) in [7, 11) is 0. The van der Waals surface area contributed by atoms with Crippen molar-refractivity contribution >= 4 is 16.9 Å². The van der Waals surface area contributed by atoms with E-state index in [-0.39, 0.29) is 0 Å². The molecule has 1 aromatic carbocycles. The topological polar surface area (TPSA) is 62.0 Å². The maximum absolute atomic E-state index is 12.7. The van der Waals surface area contributed by atoms with E-state index in [1.807, 2.05) is 24.3 Å². The summed E-state index contributed by atoms with van der Waals surface area (Å²) in [6.45, 7) is 6.58. The molecule has 0 aliphatic heterocycles. The number of H-pyrrole nitrogens is 1. The number of esters is 1. The van der Waals surface area contributed by atoms with Gasteiger partial charge in [-0.2, -0.15) is 0 Å². The highest BCUT2D eigenvalue weighted by Crippen LogP contribution is 2.31. The maximum Gasteiger partial charge on any atom is 0.346 e. The first-order chi connectivity index (χ1) is 8.72. The van der Waals surface area contributed by atoms with E-state index in [1.165, 1.54) is 6.92 Å². The van der Waals surface area contributed by atoms with E-state index in [4.69, 9.17) is 4.74 Å². The second-order valence-electron chi connectivity index (χ2n) is 5.78. The van der Waals surface area contributed by atoms with Crippen LogP contribution >= 0.6 is 0 Å². The number of hydrogen-bond acceptors (Lipinski definition) is 2. The number of para-hydroxylation sites is 1. The normalized spacial score (nSPS) is 15.2. The Hall–Kier alpha value is -1.81. The van der Waals surface area contributed by atoms with Gasteiger partial charge in [0, 0.05) is 22.7 Å². The number of aromatic amines is 1. The van der Waals surface area contributed by atoms with E-state index in [9.17, 15) is 9.90 Å². The molecule has 1 heterocycles. The molecule has 2 rings (SSSR count). The average molecular weight is 260 g/mol. The van der Waals surface area contributed by atoms with Crippen LogP contribution in [-0.4, -0.2) is 16.6 Å². The van der Waals surface area contributed by atoms with Crippen molar-refractivity contribution in [2.45, 2.75) is 38.9 Å². The third-order valence-electron chi connectivity index (χ3n) is 2.89. The van der Waals surface area contributed by atoms with Crippen LogP contribution in [-0.2, 0) is 20.2 Å². The molecule has 4 nitrogen and oxygen atoms in total. The summed E-state index contributed by atoms with van der Waals surface area (Å²) >= 11 is 0. The molecule has 0 aliphatic rings. The molecule has 2 aromatic rings. The number of hydrogen-bond donors (Lipinski definition) is 1. The van der Waals surface area contributed by atoms with Gasteiger partial charge in [0.25, 0.3) is 0 Å². The fourth-order valence-electron chi connectivity index (χ4n) is 1.95. The number of aromatic nitrogens is 1. The summed E-state index contributed by atoms with van der Waals surface area (Å²) < 4.78 is 5.21. The van der Waals surface area contributed by atoms with E-state index >= 15 is 0 Å². The van der Waals surface area contributed by atoms with Crippen molar-refractivity contribution < 1.29 is 14.6 Å². The van der Waals surface area contributed by atoms with Crippen LogP contribution in [0.3, 0.4) is 0 Å². The van der Waals surface area contributed by atoms with E-state index in [1.54, 1.807) is 27.0 Å². The first kappa shape index (κ1) is 13.6. The zero-order valence-electron chi connectivity index (χ0n) is 11.6. The minimum atomic E-state index is -1.92. The molecule has 1 aromatic heterocycles. The average Bonchev–Trinajstić information content (AvgIpc) is 2.70. The Morgan fingerprint density at radius 2 is 1.79 bits per heavy atom. The van der Waals surface area contributed by atoms with E-state index in [0.717, 1.165) is 10.9 Å². The van der Waals surface area contributed by atoms with Crippen LogP contribution in [0.15, 0.2) is 30.5 Å². The van der Waals surface area contributed by atoms with Crippen molar-refractivity contribution in [3.05, 3.63) is 36.0 Å². The third kappa shape index (κ3) is 2.63. The van der Waals surface area contributed by atoms with Gasteiger partial charge in [0.05, 0.1) is 0 Å². The van der Waals surface area contributed by atoms with Gasteiger partial charge >= 0.3 is 5.97 Å². The highest BCUT2D eigenvalue weighted by atomic mass is 16.6. The van der Waals surface area contributed by atoms with Gasteiger partial charge in [-0.3, -0.25) is 0 Å². The molecular formula is C15H18NO3. The van der Waals surface area contributed by atoms with Crippen LogP contribution in [0.25, 0.3) is 10.9 Å². The number of ether oxygens (including phenoxy) is 1. The molecule has 0 saturated heterocycles. The summed E-state index contributed by atoms with van der Waals surface area (Å²) in [4.78, 5) is 15.1. The number of benzene rings is 1. The van der Waals surface area contributed by atoms with Crippen molar-refractivity contribution in [3.8, 4) is 0 Å². The van der Waals surface area contributed by atoms with Gasteiger partial charge in [-0.05, 0) is 33.8 Å². The number of rotatable bonds is 2. The maximum atomic E-state index is 12.7. The Balaban J connectivity index is 2.41. The monoisotopic (exact) mass is 260 g/mol. The summed E-state index contributed by atoms with van der Waals surface area (Å²) in [6.07, 6.45) is 1.58. The highest BCUT2D eigenvalue weighted by Gasteiger charge is 2.40. The number of fused-ring (bicyclic) bond motifs is 1. The Bertz CT molecular complexity index is 605. The predicted molar refractivity (Wildman–Crippen MR) is 72.2 cm³/mol. The van der Waals surface area contributed by atoms with Crippen molar-refractivity contribution in [2.24, 2.45) is 0 Å². The van der Waals surface area contributed by atoms with Crippen molar-refractivity contribution in [2.75, 3.05) is 0 Å². The lowest BCUT2D eigenvalue weighted by atomic mass is 9.95. The molecule has 0 spiro atoms. The van der Waals surface area contributed by atoms with Crippen molar-refractivity contribution in [1.29, 1.82) is 0 Å². The molecule has 101 valence electrons. The molecule has 0 saturated carbocycles. The fourth-order valence-corrected chi connectivity index (χ4v) is 1.95. The molecular weight excluding hydrogens is 242 g/mol. The lowest BCUT2D eigenvalue weighted by Crippen LogP contribution is -2.37. The first-order valence-electron chi connectivity index (χ1n) is 6.22. The molecule has 0 aliphatic carbocycles. The minimum absolute atomic E-state index is 0.414. The summed E-state index contributed by atoms with van der Waals surface area (Å²) in [6, 6.07) is 7.40. The standard InChI is InChI=1S/C15H18NO3/c1-14(2,3)19-13(17)15(4,18)11-9-16-12-8-6-5-7-10(11)12/h5-9,16H,1-4H3. The lowest BCUT2D eigenvalue weighted by molar-refractivity contribution is -0.183. The molecule has 1 unspecified atom stereocenters. The molecule has 0 amide bonds. The van der Waals surface area contributed by atoms with Gasteiger partial charge in [-0.25, -0.2) is 9.90 Å². The zero-order valence-corrected chi connectivity index (χ0v) is 11.6. The molecule has 1 radical (unpaired) electrons. The van der Waals surface area contributed by atoms with Crippen molar-refractivity contribution in [1.82, 2.24) is 4.98 Å². The summed E-state index contributed by atoms with van der Waals surface area (Å²) in [5, 5.41) is 13.4. The van der Waals surface area contributed by atoms with Gasteiger partial charge in [0.15, 0.2) is 0 Å². The molecule has 1 N–H and O–H groups in total. The predicted octanol–water partition coefficient (Wildman–Crippen LogP) is 3.16. The number of nitrogens with one attached hydrogen (secondary N) is 1. The van der Waals surface area contributed by atoms with Crippen LogP contribution in [0.2, 0.25) is 0 Å². The van der Waals surface area contributed by atoms with Crippen LogP contribution in [0.1, 0.15) is 33.3 Å². The van der Waals surface area contributed by atoms with Gasteiger partial charge in [0.1, 0.15) is 5.60 Å². The Morgan fingerprint density at radius 3 is 2.42 bits per heavy atom. The van der Waals surface area contributed by atoms with Gasteiger partial charge in [0.2, 0.25) is 5.60 Å². The molecule has 0 bridgehead atoms. The van der Waals surface area contributed by atoms with Crippen LogP contribution < -0.4 is 0 Å². The van der Waals surface area contributed by atoms with E-state index < -0.39 is 17.2 Å². The third-order valence-corrected chi connectivity index (χ3v) is 2.89. The smallest absolute Gasteiger partial charge is 0.346 e. The van der Waals surface area contributed by atoms with E-state index in [2.05, 4.69) is 4.98 Å². The van der Waals surface area contributed by atoms with Gasteiger partial charge in [-0.1, -0.05) is 18.2 Å². The second kappa shape index (κ2) is 4.38. The molecule has 0 fully saturated rings. The quantitative estimate of drug-likeness (QED) is 0.843. The minimum Gasteiger partial charge on any atom is -0.457 e. The summed E-state index contributed by atoms with van der Waals surface area (Å²) in [5.74, 6) is -0.759. The molecule has 4 heteroatoms. The van der Waals surface area contributed by atoms with Crippen LogP contribution in [0.5, 0.6) is 0 Å². The largest absolute Gasteiger partial charge is 0.457 e. The number of carbonyl (C=O) groups excluding carboxylic acids is 1. The Kier molecular flexibility index (Phi) is 3.14. The second-order valence-corrected chi connectivity index (χ2v) is 5.78. The zero-order chi connectivity index (χ0) is 14.3. The Morgan fingerprint density at radius 1 is 1.16 bits per heavy atom. The van der Waals surface area contributed by atoms with Crippen molar-refractivity contribution in [3.63, 3.8) is 0 Å². The fraction of sp³-hybridized carbons (Fsp3) is 0.400. The van der Waals surface area contributed by atoms with Gasteiger partial charge in [-0.15, -0.1) is 0 Å². The van der Waals surface area contributed by atoms with Crippen LogP contribution in [0.4, 0.5) is 0 Å². The highest BCUT2D eigenvalue weighted by molar-refractivity contribution is 5.91. The Labute approximate surface area is 112 Å². The summed E-state index contributed by atoms with van der Waals surface area (Å²) in [5.41, 5.74) is -1.35. The molecule has 19 heavy (non-hydrogen) atoms. The SMILES string of the molecule is CC(C)(C)OC(=O)C(C)([O])c1c[nH]c2ccccc12. The number of carbonyl (C=O) groups is 1. The van der Waals surface area contributed by atoms with E-state index in [0.29, 0.717) is 5.56 Å². The van der Waals surface area contributed by atoms with Gasteiger partial charge < -0.3 is 9.72 Å². The lowest BCUT2D eigenvalue weighted by Gasteiger charge is -2.25. The molecule has 1 atom stereocenters. The first-order valence-corrected chi connectivity index (χ1v) is 6.22.